The predicted octanol–water partition coefficient (Wildman–Crippen LogP) is -1.05. The highest BCUT2D eigenvalue weighted by molar-refractivity contribution is 5.74. The van der Waals surface area contributed by atoms with Crippen LogP contribution in [-0.4, -0.2) is 69.4 Å². The molecule has 0 aliphatic rings. The van der Waals surface area contributed by atoms with Crippen molar-refractivity contribution in [3.63, 3.8) is 0 Å². The SMILES string of the molecule is CNC(C[N+](C)(C)C)C(NC)C(=O)O. The highest BCUT2D eigenvalue weighted by Gasteiger charge is 2.29. The molecule has 0 rings (SSSR count). The van der Waals surface area contributed by atoms with Crippen LogP contribution in [0.5, 0.6) is 0 Å². The summed E-state index contributed by atoms with van der Waals surface area (Å²) >= 11 is 0. The van der Waals surface area contributed by atoms with E-state index in [0.29, 0.717) is 0 Å². The topological polar surface area (TPSA) is 61.4 Å². The lowest BCUT2D eigenvalue weighted by atomic mass is 10.1. The Morgan fingerprint density at radius 1 is 1.29 bits per heavy atom. The molecule has 2 unspecified atom stereocenters. The third-order valence-corrected chi connectivity index (χ3v) is 2.09. The molecule has 2 atom stereocenters. The second kappa shape index (κ2) is 5.29. The first-order valence-electron chi connectivity index (χ1n) is 4.69. The number of carbonyl (C=O) groups is 1. The molecule has 0 aromatic heterocycles. The maximum Gasteiger partial charge on any atom is 0.322 e. The van der Waals surface area contributed by atoms with Crippen molar-refractivity contribution in [3.05, 3.63) is 0 Å². The Morgan fingerprint density at radius 3 is 2.00 bits per heavy atom. The van der Waals surface area contributed by atoms with E-state index in [1.165, 1.54) is 0 Å². The third kappa shape index (κ3) is 4.55. The van der Waals surface area contributed by atoms with Gasteiger partial charge in [-0.2, -0.15) is 0 Å². The molecule has 0 saturated heterocycles. The smallest absolute Gasteiger partial charge is 0.322 e. The minimum atomic E-state index is -0.819. The van der Waals surface area contributed by atoms with Gasteiger partial charge in [0, 0.05) is 0 Å². The first-order chi connectivity index (χ1) is 6.31. The largest absolute Gasteiger partial charge is 0.480 e. The number of nitrogens with zero attached hydrogens (tertiary/aromatic N) is 1. The quantitative estimate of drug-likeness (QED) is 0.483. The van der Waals surface area contributed by atoms with Crippen LogP contribution in [0.4, 0.5) is 0 Å². The van der Waals surface area contributed by atoms with E-state index >= 15 is 0 Å². The second-order valence-electron chi connectivity index (χ2n) is 4.47. The van der Waals surface area contributed by atoms with Crippen molar-refractivity contribution in [2.75, 3.05) is 41.8 Å². The van der Waals surface area contributed by atoms with Gasteiger partial charge in [0.05, 0.1) is 33.7 Å². The van der Waals surface area contributed by atoms with Gasteiger partial charge in [0.25, 0.3) is 0 Å². The molecule has 3 N–H and O–H groups in total. The van der Waals surface area contributed by atoms with Crippen LogP contribution in [0, 0.1) is 0 Å². The van der Waals surface area contributed by atoms with E-state index in [4.69, 9.17) is 5.11 Å². The maximum atomic E-state index is 10.9. The zero-order chi connectivity index (χ0) is 11.4. The maximum absolute atomic E-state index is 10.9. The fourth-order valence-electron chi connectivity index (χ4n) is 1.45. The standard InChI is InChI=1S/C9H21N3O2/c1-10-7(6-12(3,4)5)8(11-2)9(13)14/h7-8,10-11H,6H2,1-5H3/p+1. The van der Waals surface area contributed by atoms with E-state index in [9.17, 15) is 4.79 Å². The molecular weight excluding hydrogens is 182 g/mol. The molecule has 0 aliphatic heterocycles. The monoisotopic (exact) mass is 204 g/mol. The van der Waals surface area contributed by atoms with Gasteiger partial charge in [0.1, 0.15) is 6.04 Å². The van der Waals surface area contributed by atoms with Crippen LogP contribution >= 0.6 is 0 Å². The highest BCUT2D eigenvalue weighted by Crippen LogP contribution is 2.00. The van der Waals surface area contributed by atoms with Gasteiger partial charge in [0.2, 0.25) is 0 Å². The Hall–Kier alpha value is -0.650. The number of carboxylic acid groups (broad SMARTS) is 1. The fourth-order valence-corrected chi connectivity index (χ4v) is 1.45. The Morgan fingerprint density at radius 2 is 1.79 bits per heavy atom. The fraction of sp³-hybridized carbons (Fsp3) is 0.889. The minimum absolute atomic E-state index is 0.0718. The van der Waals surface area contributed by atoms with Crippen molar-refractivity contribution in [2.24, 2.45) is 0 Å². The summed E-state index contributed by atoms with van der Waals surface area (Å²) in [6.45, 7) is 0.758. The number of hydrogen-bond acceptors (Lipinski definition) is 3. The number of nitrogens with one attached hydrogen (secondary N) is 2. The van der Waals surface area contributed by atoms with Crippen molar-refractivity contribution < 1.29 is 14.4 Å². The van der Waals surface area contributed by atoms with Gasteiger partial charge in [0.15, 0.2) is 0 Å². The van der Waals surface area contributed by atoms with Gasteiger partial charge in [-0.1, -0.05) is 0 Å². The lowest BCUT2D eigenvalue weighted by Gasteiger charge is -2.31. The number of likely N-dealkylation sites (N-methyl/N-ethyl adjacent to an activating group) is 3. The van der Waals surface area contributed by atoms with Crippen LogP contribution in [0.25, 0.3) is 0 Å². The molecule has 0 radical (unpaired) electrons. The van der Waals surface area contributed by atoms with Crippen LogP contribution in [0.2, 0.25) is 0 Å². The molecular formula is C9H22N3O2+. The predicted molar refractivity (Wildman–Crippen MR) is 56.2 cm³/mol. The van der Waals surface area contributed by atoms with E-state index in [2.05, 4.69) is 10.6 Å². The van der Waals surface area contributed by atoms with Gasteiger partial charge in [-0.05, 0) is 14.1 Å². The summed E-state index contributed by atoms with van der Waals surface area (Å²) in [4.78, 5) is 10.9. The van der Waals surface area contributed by atoms with Gasteiger partial charge < -0.3 is 20.2 Å². The number of quaternary nitrogens is 1. The molecule has 0 aromatic carbocycles. The van der Waals surface area contributed by atoms with Crippen LogP contribution in [0.1, 0.15) is 0 Å². The van der Waals surface area contributed by atoms with Gasteiger partial charge in [-0.3, -0.25) is 4.79 Å². The molecule has 0 heterocycles. The second-order valence-corrected chi connectivity index (χ2v) is 4.47. The minimum Gasteiger partial charge on any atom is -0.480 e. The molecule has 5 heteroatoms. The Balaban J connectivity index is 4.45. The molecule has 14 heavy (non-hydrogen) atoms. The molecule has 0 amide bonds. The number of carboxylic acids is 1. The zero-order valence-corrected chi connectivity index (χ0v) is 9.66. The molecule has 0 aliphatic carbocycles. The van der Waals surface area contributed by atoms with E-state index in [-0.39, 0.29) is 6.04 Å². The van der Waals surface area contributed by atoms with Gasteiger partial charge in [-0.25, -0.2) is 0 Å². The third-order valence-electron chi connectivity index (χ3n) is 2.09. The van der Waals surface area contributed by atoms with Crippen LogP contribution in [0.15, 0.2) is 0 Å². The number of aliphatic carboxylic acids is 1. The Bertz CT molecular complexity index is 189. The molecule has 84 valence electrons. The summed E-state index contributed by atoms with van der Waals surface area (Å²) in [5.41, 5.74) is 0. The molecule has 0 saturated carbocycles. The summed E-state index contributed by atoms with van der Waals surface area (Å²) < 4.78 is 0.733. The lowest BCUT2D eigenvalue weighted by molar-refractivity contribution is -0.871. The molecule has 0 spiro atoms. The van der Waals surface area contributed by atoms with Crippen LogP contribution < -0.4 is 10.6 Å². The number of hydrogen-bond donors (Lipinski definition) is 3. The normalized spacial score (nSPS) is 16.4. The molecule has 0 aromatic rings. The van der Waals surface area contributed by atoms with E-state index in [0.717, 1.165) is 11.0 Å². The van der Waals surface area contributed by atoms with Gasteiger partial charge in [-0.15, -0.1) is 0 Å². The van der Waals surface area contributed by atoms with Crippen LogP contribution in [0.3, 0.4) is 0 Å². The zero-order valence-electron chi connectivity index (χ0n) is 9.66. The average Bonchev–Trinajstić information content (AvgIpc) is 2.00. The first kappa shape index (κ1) is 13.4. The van der Waals surface area contributed by atoms with Gasteiger partial charge >= 0.3 is 5.97 Å². The summed E-state index contributed by atoms with van der Waals surface area (Å²) in [6.07, 6.45) is 0. The Labute approximate surface area is 85.7 Å². The number of rotatable bonds is 6. The van der Waals surface area contributed by atoms with E-state index < -0.39 is 12.0 Å². The van der Waals surface area contributed by atoms with Crippen molar-refractivity contribution in [1.29, 1.82) is 0 Å². The van der Waals surface area contributed by atoms with Crippen molar-refractivity contribution in [1.82, 2.24) is 10.6 Å². The van der Waals surface area contributed by atoms with E-state index in [1.54, 1.807) is 14.1 Å². The summed E-state index contributed by atoms with van der Waals surface area (Å²) in [5, 5.41) is 14.8. The summed E-state index contributed by atoms with van der Waals surface area (Å²) in [7, 11) is 9.57. The summed E-state index contributed by atoms with van der Waals surface area (Å²) in [5.74, 6) is -0.819. The first-order valence-corrected chi connectivity index (χ1v) is 4.69. The van der Waals surface area contributed by atoms with Crippen molar-refractivity contribution in [3.8, 4) is 0 Å². The Kier molecular flexibility index (Phi) is 5.04. The van der Waals surface area contributed by atoms with E-state index in [1.807, 2.05) is 21.1 Å². The van der Waals surface area contributed by atoms with Crippen LogP contribution in [-0.2, 0) is 4.79 Å². The van der Waals surface area contributed by atoms with Crippen molar-refractivity contribution >= 4 is 5.97 Å². The van der Waals surface area contributed by atoms with Crippen molar-refractivity contribution in [2.45, 2.75) is 12.1 Å². The average molecular weight is 204 g/mol. The highest BCUT2D eigenvalue weighted by atomic mass is 16.4. The lowest BCUT2D eigenvalue weighted by Crippen LogP contribution is -2.57. The molecule has 0 bridgehead atoms. The summed E-state index contributed by atoms with van der Waals surface area (Å²) in [6, 6.07) is -0.616. The molecule has 5 nitrogen and oxygen atoms in total. The molecule has 0 fully saturated rings.